The Morgan fingerprint density at radius 2 is 2.00 bits per heavy atom. The van der Waals surface area contributed by atoms with Gasteiger partial charge in [0.05, 0.1) is 5.60 Å². The van der Waals surface area contributed by atoms with Gasteiger partial charge >= 0.3 is 0 Å². The lowest BCUT2D eigenvalue weighted by molar-refractivity contribution is 0.107. The van der Waals surface area contributed by atoms with Crippen molar-refractivity contribution < 1.29 is 10.2 Å². The Morgan fingerprint density at radius 1 is 1.40 bits per heavy atom. The second-order valence-electron chi connectivity index (χ2n) is 2.94. The van der Waals surface area contributed by atoms with Gasteiger partial charge in [-0.05, 0) is 26.0 Å². The minimum atomic E-state index is -0.569. The van der Waals surface area contributed by atoms with Crippen molar-refractivity contribution in [3.8, 4) is 0 Å². The average molecular weight is 164 g/mol. The first kappa shape index (κ1) is 10.3. The van der Waals surface area contributed by atoms with E-state index in [-0.39, 0.29) is 6.61 Å². The van der Waals surface area contributed by atoms with Gasteiger partial charge in [0.2, 0.25) is 0 Å². The highest BCUT2D eigenvalue weighted by atomic mass is 32.2. The standard InChI is InChI=1S/C7H16O2S/c1-7(2,9)6-10-5-3-4-8/h8-9H,3-6H2,1-2H3. The molecule has 62 valence electrons. The molecule has 0 aliphatic heterocycles. The van der Waals surface area contributed by atoms with Crippen LogP contribution < -0.4 is 0 Å². The normalized spacial score (nSPS) is 12.0. The van der Waals surface area contributed by atoms with Gasteiger partial charge in [-0.25, -0.2) is 0 Å². The molecule has 0 rings (SSSR count). The summed E-state index contributed by atoms with van der Waals surface area (Å²) in [7, 11) is 0. The Bertz CT molecular complexity index is 78.2. The van der Waals surface area contributed by atoms with Gasteiger partial charge in [0.1, 0.15) is 0 Å². The van der Waals surface area contributed by atoms with E-state index in [1.54, 1.807) is 25.6 Å². The third-order valence-electron chi connectivity index (χ3n) is 0.902. The van der Waals surface area contributed by atoms with Gasteiger partial charge in [0, 0.05) is 12.4 Å². The third kappa shape index (κ3) is 8.27. The quantitative estimate of drug-likeness (QED) is 0.592. The van der Waals surface area contributed by atoms with Crippen molar-refractivity contribution in [3.63, 3.8) is 0 Å². The zero-order chi connectivity index (χ0) is 8.04. The van der Waals surface area contributed by atoms with Crippen LogP contribution >= 0.6 is 11.8 Å². The van der Waals surface area contributed by atoms with Crippen LogP contribution in [0.2, 0.25) is 0 Å². The molecule has 0 saturated carbocycles. The Balaban J connectivity index is 3.04. The Kier molecular flexibility index (Phi) is 5.13. The topological polar surface area (TPSA) is 40.5 Å². The fourth-order valence-electron chi connectivity index (χ4n) is 0.489. The van der Waals surface area contributed by atoms with Gasteiger partial charge in [0.15, 0.2) is 0 Å². The van der Waals surface area contributed by atoms with E-state index in [2.05, 4.69) is 0 Å². The first-order chi connectivity index (χ1) is 4.56. The highest BCUT2D eigenvalue weighted by molar-refractivity contribution is 7.99. The number of aliphatic hydroxyl groups is 2. The highest BCUT2D eigenvalue weighted by Crippen LogP contribution is 2.12. The zero-order valence-corrected chi connectivity index (χ0v) is 7.45. The van der Waals surface area contributed by atoms with Crippen molar-refractivity contribution in [1.29, 1.82) is 0 Å². The van der Waals surface area contributed by atoms with E-state index >= 15 is 0 Å². The molecule has 0 fully saturated rings. The van der Waals surface area contributed by atoms with Crippen molar-refractivity contribution >= 4 is 11.8 Å². The fraction of sp³-hybridized carbons (Fsp3) is 1.00. The second kappa shape index (κ2) is 4.99. The molecular weight excluding hydrogens is 148 g/mol. The molecule has 2 N–H and O–H groups in total. The van der Waals surface area contributed by atoms with Crippen LogP contribution in [0.5, 0.6) is 0 Å². The molecule has 0 aliphatic rings. The monoisotopic (exact) mass is 164 g/mol. The van der Waals surface area contributed by atoms with Gasteiger partial charge in [-0.3, -0.25) is 0 Å². The molecule has 0 radical (unpaired) electrons. The Morgan fingerprint density at radius 3 is 2.40 bits per heavy atom. The van der Waals surface area contributed by atoms with E-state index in [0.717, 1.165) is 17.9 Å². The van der Waals surface area contributed by atoms with Crippen LogP contribution in [0.25, 0.3) is 0 Å². The molecule has 0 amide bonds. The van der Waals surface area contributed by atoms with Gasteiger partial charge < -0.3 is 10.2 Å². The van der Waals surface area contributed by atoms with Gasteiger partial charge in [-0.1, -0.05) is 0 Å². The molecule has 0 aromatic heterocycles. The van der Waals surface area contributed by atoms with E-state index in [1.165, 1.54) is 0 Å². The highest BCUT2D eigenvalue weighted by Gasteiger charge is 2.10. The van der Waals surface area contributed by atoms with E-state index in [1.807, 2.05) is 0 Å². The lowest BCUT2D eigenvalue weighted by Crippen LogP contribution is -2.21. The van der Waals surface area contributed by atoms with E-state index in [0.29, 0.717) is 0 Å². The Hall–Kier alpha value is 0.270. The maximum absolute atomic E-state index is 9.23. The third-order valence-corrected chi connectivity index (χ3v) is 2.39. The van der Waals surface area contributed by atoms with Crippen LogP contribution in [0.3, 0.4) is 0 Å². The average Bonchev–Trinajstić information content (AvgIpc) is 1.78. The van der Waals surface area contributed by atoms with Crippen molar-refractivity contribution in [2.45, 2.75) is 25.9 Å². The summed E-state index contributed by atoms with van der Waals surface area (Å²) in [6.45, 7) is 3.83. The molecular formula is C7H16O2S. The number of hydrogen-bond donors (Lipinski definition) is 2. The van der Waals surface area contributed by atoms with Crippen molar-refractivity contribution in [2.24, 2.45) is 0 Å². The second-order valence-corrected chi connectivity index (χ2v) is 4.05. The molecule has 0 aromatic rings. The summed E-state index contributed by atoms with van der Waals surface area (Å²) in [6, 6.07) is 0. The summed E-state index contributed by atoms with van der Waals surface area (Å²) < 4.78 is 0. The molecule has 0 heterocycles. The lowest BCUT2D eigenvalue weighted by Gasteiger charge is -2.15. The fourth-order valence-corrected chi connectivity index (χ4v) is 1.47. The van der Waals surface area contributed by atoms with Gasteiger partial charge in [-0.2, -0.15) is 11.8 Å². The van der Waals surface area contributed by atoms with E-state index in [9.17, 15) is 5.11 Å². The summed E-state index contributed by atoms with van der Waals surface area (Å²) in [5, 5.41) is 17.7. The van der Waals surface area contributed by atoms with E-state index in [4.69, 9.17) is 5.11 Å². The van der Waals surface area contributed by atoms with Crippen LogP contribution in [0, 0.1) is 0 Å². The summed E-state index contributed by atoms with van der Waals surface area (Å²) in [6.07, 6.45) is 0.820. The molecule has 0 atom stereocenters. The molecule has 0 unspecified atom stereocenters. The molecule has 0 bridgehead atoms. The number of hydrogen-bond acceptors (Lipinski definition) is 3. The minimum absolute atomic E-state index is 0.249. The van der Waals surface area contributed by atoms with Crippen LogP contribution in [0.4, 0.5) is 0 Å². The predicted molar refractivity (Wildman–Crippen MR) is 45.3 cm³/mol. The Labute approximate surface area is 66.6 Å². The summed E-state index contributed by atoms with van der Waals surface area (Å²) in [5.74, 6) is 1.67. The molecule has 0 aromatic carbocycles. The van der Waals surface area contributed by atoms with Crippen molar-refractivity contribution in [2.75, 3.05) is 18.1 Å². The minimum Gasteiger partial charge on any atom is -0.396 e. The van der Waals surface area contributed by atoms with Crippen molar-refractivity contribution in [1.82, 2.24) is 0 Å². The number of aliphatic hydroxyl groups excluding tert-OH is 1. The molecule has 10 heavy (non-hydrogen) atoms. The molecule has 0 saturated heterocycles. The molecule has 2 nitrogen and oxygen atoms in total. The lowest BCUT2D eigenvalue weighted by atomic mass is 10.2. The van der Waals surface area contributed by atoms with E-state index < -0.39 is 5.60 Å². The number of rotatable bonds is 5. The first-order valence-corrected chi connectivity index (χ1v) is 4.63. The zero-order valence-electron chi connectivity index (χ0n) is 6.63. The van der Waals surface area contributed by atoms with Gasteiger partial charge in [-0.15, -0.1) is 0 Å². The summed E-state index contributed by atoms with van der Waals surface area (Å²) in [4.78, 5) is 0. The predicted octanol–water partition coefficient (Wildman–Crippen LogP) is 0.873. The molecule has 0 aliphatic carbocycles. The van der Waals surface area contributed by atoms with Crippen LogP contribution in [0.1, 0.15) is 20.3 Å². The largest absolute Gasteiger partial charge is 0.396 e. The first-order valence-electron chi connectivity index (χ1n) is 3.47. The van der Waals surface area contributed by atoms with Crippen LogP contribution in [-0.2, 0) is 0 Å². The smallest absolute Gasteiger partial charge is 0.0681 e. The maximum atomic E-state index is 9.23. The summed E-state index contributed by atoms with van der Waals surface area (Å²) >= 11 is 1.67. The SMILES string of the molecule is CC(C)(O)CSCCCO. The number of thioether (sulfide) groups is 1. The van der Waals surface area contributed by atoms with Gasteiger partial charge in [0.25, 0.3) is 0 Å². The van der Waals surface area contributed by atoms with Crippen LogP contribution in [-0.4, -0.2) is 33.9 Å². The molecule has 3 heteroatoms. The maximum Gasteiger partial charge on any atom is 0.0681 e. The summed E-state index contributed by atoms with van der Waals surface area (Å²) in [5.41, 5.74) is -0.569. The van der Waals surface area contributed by atoms with Crippen molar-refractivity contribution in [3.05, 3.63) is 0 Å². The molecule has 0 spiro atoms. The van der Waals surface area contributed by atoms with Crippen LogP contribution in [0.15, 0.2) is 0 Å².